The molecule has 0 aliphatic rings. The summed E-state index contributed by atoms with van der Waals surface area (Å²) >= 11 is 0. The molecular weight excluding hydrogens is 277 g/mol. The van der Waals surface area contributed by atoms with E-state index in [1.165, 1.54) is 12.1 Å². The zero-order chi connectivity index (χ0) is 15.5. The molecule has 0 fully saturated rings. The monoisotopic (exact) mass is 297 g/mol. The molecule has 0 bridgehead atoms. The van der Waals surface area contributed by atoms with E-state index in [1.54, 1.807) is 19.1 Å². The lowest BCUT2D eigenvalue weighted by Gasteiger charge is -2.08. The molecule has 1 rings (SSSR count). The van der Waals surface area contributed by atoms with Crippen LogP contribution in [-0.4, -0.2) is 38.4 Å². The van der Waals surface area contributed by atoms with Gasteiger partial charge in [0.25, 0.3) is 0 Å². The number of carbonyl (C=O) groups excluding carboxylic acids is 2. The third kappa shape index (κ3) is 7.76. The summed E-state index contributed by atoms with van der Waals surface area (Å²) in [5, 5.41) is 7.71. The molecule has 7 heteroatoms. The van der Waals surface area contributed by atoms with Crippen molar-refractivity contribution in [2.45, 2.75) is 13.3 Å². The van der Waals surface area contributed by atoms with Gasteiger partial charge in [0.2, 0.25) is 0 Å². The standard InChI is InChI=1S/C14H20FN3O3/c1-2-21-14(20)18-9-8-17-13(19)16-7-6-11-4-3-5-12(15)10-11/h3-5,10H,2,6-9H2,1H3,(H,18,20)(H2,16,17,19). The van der Waals surface area contributed by atoms with E-state index in [-0.39, 0.29) is 18.4 Å². The van der Waals surface area contributed by atoms with Crippen LogP contribution in [0.5, 0.6) is 0 Å². The van der Waals surface area contributed by atoms with E-state index in [0.29, 0.717) is 26.1 Å². The number of hydrogen-bond acceptors (Lipinski definition) is 3. The Morgan fingerprint density at radius 1 is 1.14 bits per heavy atom. The number of ether oxygens (including phenoxy) is 1. The van der Waals surface area contributed by atoms with Crippen molar-refractivity contribution in [3.8, 4) is 0 Å². The number of amides is 3. The van der Waals surface area contributed by atoms with Crippen LogP contribution in [0, 0.1) is 5.82 Å². The number of hydrogen-bond donors (Lipinski definition) is 3. The molecule has 0 aliphatic heterocycles. The average molecular weight is 297 g/mol. The minimum atomic E-state index is -0.509. The highest BCUT2D eigenvalue weighted by Gasteiger charge is 2.02. The second-order valence-electron chi connectivity index (χ2n) is 4.21. The van der Waals surface area contributed by atoms with Gasteiger partial charge in [0.05, 0.1) is 6.61 Å². The Morgan fingerprint density at radius 3 is 2.57 bits per heavy atom. The number of rotatable bonds is 7. The van der Waals surface area contributed by atoms with Crippen molar-refractivity contribution < 1.29 is 18.7 Å². The van der Waals surface area contributed by atoms with E-state index >= 15 is 0 Å². The number of carbonyl (C=O) groups is 2. The summed E-state index contributed by atoms with van der Waals surface area (Å²) in [7, 11) is 0. The van der Waals surface area contributed by atoms with Gasteiger partial charge in [-0.05, 0) is 31.0 Å². The molecule has 0 saturated heterocycles. The molecule has 0 unspecified atom stereocenters. The maximum atomic E-state index is 12.9. The van der Waals surface area contributed by atoms with Crippen molar-refractivity contribution in [2.75, 3.05) is 26.2 Å². The molecule has 0 aromatic heterocycles. The van der Waals surface area contributed by atoms with E-state index in [2.05, 4.69) is 20.7 Å². The van der Waals surface area contributed by atoms with Crippen molar-refractivity contribution in [3.63, 3.8) is 0 Å². The second kappa shape index (κ2) is 9.57. The molecule has 1 aromatic rings. The lowest BCUT2D eigenvalue weighted by atomic mass is 10.1. The number of nitrogens with one attached hydrogen (secondary N) is 3. The van der Waals surface area contributed by atoms with E-state index in [1.807, 2.05) is 0 Å². The van der Waals surface area contributed by atoms with E-state index in [9.17, 15) is 14.0 Å². The molecular formula is C14H20FN3O3. The van der Waals surface area contributed by atoms with Crippen molar-refractivity contribution in [1.29, 1.82) is 0 Å². The summed E-state index contributed by atoms with van der Waals surface area (Å²) in [6.07, 6.45) is 0.0394. The van der Waals surface area contributed by atoms with E-state index < -0.39 is 6.09 Å². The number of benzene rings is 1. The first-order valence-corrected chi connectivity index (χ1v) is 6.78. The lowest BCUT2D eigenvalue weighted by Crippen LogP contribution is -2.41. The Morgan fingerprint density at radius 2 is 1.86 bits per heavy atom. The van der Waals surface area contributed by atoms with Crippen LogP contribution in [0.15, 0.2) is 24.3 Å². The smallest absolute Gasteiger partial charge is 0.407 e. The summed E-state index contributed by atoms with van der Waals surface area (Å²) in [5.74, 6) is -0.290. The molecule has 1 aromatic carbocycles. The highest BCUT2D eigenvalue weighted by atomic mass is 19.1. The van der Waals surface area contributed by atoms with Gasteiger partial charge in [0, 0.05) is 19.6 Å². The average Bonchev–Trinajstić information content (AvgIpc) is 2.44. The molecule has 3 N–H and O–H groups in total. The topological polar surface area (TPSA) is 79.5 Å². The molecule has 0 aliphatic carbocycles. The van der Waals surface area contributed by atoms with Crippen LogP contribution in [0.3, 0.4) is 0 Å². The summed E-state index contributed by atoms with van der Waals surface area (Å²) in [6, 6.07) is 5.90. The van der Waals surface area contributed by atoms with Crippen LogP contribution in [0.25, 0.3) is 0 Å². The van der Waals surface area contributed by atoms with Crippen molar-refractivity contribution in [3.05, 3.63) is 35.6 Å². The Balaban J connectivity index is 2.07. The van der Waals surface area contributed by atoms with Gasteiger partial charge in [0.1, 0.15) is 5.82 Å². The van der Waals surface area contributed by atoms with E-state index in [4.69, 9.17) is 0 Å². The van der Waals surface area contributed by atoms with Crippen molar-refractivity contribution >= 4 is 12.1 Å². The predicted molar refractivity (Wildman–Crippen MR) is 76.5 cm³/mol. The molecule has 6 nitrogen and oxygen atoms in total. The van der Waals surface area contributed by atoms with Gasteiger partial charge in [0.15, 0.2) is 0 Å². The van der Waals surface area contributed by atoms with E-state index in [0.717, 1.165) is 5.56 Å². The third-order valence-electron chi connectivity index (χ3n) is 2.54. The molecule has 0 spiro atoms. The first-order valence-electron chi connectivity index (χ1n) is 6.78. The zero-order valence-electron chi connectivity index (χ0n) is 11.9. The largest absolute Gasteiger partial charge is 0.450 e. The molecule has 116 valence electrons. The first-order chi connectivity index (χ1) is 10.1. The molecule has 3 amide bonds. The van der Waals surface area contributed by atoms with Gasteiger partial charge < -0.3 is 20.7 Å². The Kier molecular flexibility index (Phi) is 7.63. The predicted octanol–water partition coefficient (Wildman–Crippen LogP) is 1.41. The highest BCUT2D eigenvalue weighted by Crippen LogP contribution is 2.03. The van der Waals surface area contributed by atoms with Crippen molar-refractivity contribution in [1.82, 2.24) is 16.0 Å². The maximum Gasteiger partial charge on any atom is 0.407 e. The second-order valence-corrected chi connectivity index (χ2v) is 4.21. The number of alkyl carbamates (subject to hydrolysis) is 1. The fourth-order valence-electron chi connectivity index (χ4n) is 1.60. The minimum absolute atomic E-state index is 0.288. The molecule has 0 radical (unpaired) electrons. The minimum Gasteiger partial charge on any atom is -0.450 e. The molecule has 21 heavy (non-hydrogen) atoms. The molecule has 0 heterocycles. The van der Waals surface area contributed by atoms with Gasteiger partial charge in [-0.15, -0.1) is 0 Å². The molecule has 0 atom stereocenters. The van der Waals surface area contributed by atoms with Gasteiger partial charge >= 0.3 is 12.1 Å². The van der Waals surface area contributed by atoms with Crippen LogP contribution in [0.1, 0.15) is 12.5 Å². The van der Waals surface area contributed by atoms with Crippen LogP contribution >= 0.6 is 0 Å². The fourth-order valence-corrected chi connectivity index (χ4v) is 1.60. The van der Waals surface area contributed by atoms with Crippen molar-refractivity contribution in [2.24, 2.45) is 0 Å². The summed E-state index contributed by atoms with van der Waals surface area (Å²) in [6.45, 7) is 3.01. The summed E-state index contributed by atoms with van der Waals surface area (Å²) in [4.78, 5) is 22.4. The Hall–Kier alpha value is -2.31. The van der Waals surface area contributed by atoms with Gasteiger partial charge in [-0.3, -0.25) is 0 Å². The van der Waals surface area contributed by atoms with Crippen LogP contribution in [-0.2, 0) is 11.2 Å². The van der Waals surface area contributed by atoms with Gasteiger partial charge in [-0.25, -0.2) is 14.0 Å². The number of urea groups is 1. The summed E-state index contributed by atoms with van der Waals surface area (Å²) in [5.41, 5.74) is 0.819. The van der Waals surface area contributed by atoms with Gasteiger partial charge in [-0.2, -0.15) is 0 Å². The highest BCUT2D eigenvalue weighted by molar-refractivity contribution is 5.74. The Bertz CT molecular complexity index is 469. The molecule has 0 saturated carbocycles. The first kappa shape index (κ1) is 16.7. The maximum absolute atomic E-state index is 12.9. The van der Waals surface area contributed by atoms with Crippen LogP contribution in [0.2, 0.25) is 0 Å². The lowest BCUT2D eigenvalue weighted by molar-refractivity contribution is 0.152. The SMILES string of the molecule is CCOC(=O)NCCNC(=O)NCCc1cccc(F)c1. The normalized spacial score (nSPS) is 9.81. The zero-order valence-corrected chi connectivity index (χ0v) is 11.9. The number of halogens is 1. The summed E-state index contributed by atoms with van der Waals surface area (Å²) < 4.78 is 17.6. The van der Waals surface area contributed by atoms with Crippen LogP contribution < -0.4 is 16.0 Å². The third-order valence-corrected chi connectivity index (χ3v) is 2.54. The Labute approximate surface area is 123 Å². The van der Waals surface area contributed by atoms with Crippen LogP contribution in [0.4, 0.5) is 14.0 Å². The fraction of sp³-hybridized carbons (Fsp3) is 0.429. The quantitative estimate of drug-likeness (QED) is 0.666. The van der Waals surface area contributed by atoms with Gasteiger partial charge in [-0.1, -0.05) is 12.1 Å².